The molecular weight excluding hydrogens is 348 g/mol. The number of nitrogens with one attached hydrogen (secondary N) is 1. The number of carbonyl (C=O) groups excluding carboxylic acids is 1. The summed E-state index contributed by atoms with van der Waals surface area (Å²) < 4.78 is 2.02. The van der Waals surface area contributed by atoms with E-state index in [0.717, 1.165) is 36.6 Å². The van der Waals surface area contributed by atoms with Gasteiger partial charge in [-0.2, -0.15) is 5.10 Å². The summed E-state index contributed by atoms with van der Waals surface area (Å²) in [6.07, 6.45) is 0. The van der Waals surface area contributed by atoms with Gasteiger partial charge in [0.1, 0.15) is 0 Å². The Balaban J connectivity index is 1.96. The first-order valence-electron chi connectivity index (χ1n) is 10.3. The Kier molecular flexibility index (Phi) is 8.24. The maximum Gasteiger partial charge on any atom is 0.234 e. The molecule has 0 saturated heterocycles. The first kappa shape index (κ1) is 22.2. The molecule has 0 aliphatic rings. The van der Waals surface area contributed by atoms with Crippen LogP contribution in [0.3, 0.4) is 0 Å². The number of aryl methyl sites for hydroxylation is 1. The largest absolute Gasteiger partial charge is 0.351 e. The molecule has 1 aromatic heterocycles. The molecule has 5 nitrogen and oxygen atoms in total. The standard InChI is InChI=1S/C23H36N4O/c1-17(2)13-26(14-18(3)4)16-23(28)24-12-22-19(5)25-27(20(22)6)15-21-10-8-7-9-11-21/h7-11,17-18H,12-16H2,1-6H3,(H,24,28). The maximum absolute atomic E-state index is 12.5. The summed E-state index contributed by atoms with van der Waals surface area (Å²) in [6, 6.07) is 10.3. The molecule has 0 aliphatic carbocycles. The van der Waals surface area contributed by atoms with Gasteiger partial charge in [0.2, 0.25) is 5.91 Å². The summed E-state index contributed by atoms with van der Waals surface area (Å²) in [5, 5.41) is 7.78. The van der Waals surface area contributed by atoms with Crippen LogP contribution in [-0.2, 0) is 17.9 Å². The summed E-state index contributed by atoms with van der Waals surface area (Å²) in [6.45, 7) is 16.5. The number of amides is 1. The van der Waals surface area contributed by atoms with E-state index in [1.54, 1.807) is 0 Å². The molecule has 1 N–H and O–H groups in total. The first-order chi connectivity index (χ1) is 13.3. The van der Waals surface area contributed by atoms with Gasteiger partial charge in [0.15, 0.2) is 0 Å². The lowest BCUT2D eigenvalue weighted by Gasteiger charge is -2.25. The van der Waals surface area contributed by atoms with Gasteiger partial charge in [-0.05, 0) is 31.2 Å². The molecule has 0 unspecified atom stereocenters. The zero-order chi connectivity index (χ0) is 20.7. The summed E-state index contributed by atoms with van der Waals surface area (Å²) in [5.41, 5.74) is 4.43. The molecule has 0 spiro atoms. The lowest BCUT2D eigenvalue weighted by molar-refractivity contribution is -0.122. The zero-order valence-corrected chi connectivity index (χ0v) is 18.3. The fourth-order valence-electron chi connectivity index (χ4n) is 3.58. The molecule has 0 atom stereocenters. The van der Waals surface area contributed by atoms with Crippen LogP contribution in [0.1, 0.15) is 50.2 Å². The Labute approximate surface area is 170 Å². The molecule has 28 heavy (non-hydrogen) atoms. The lowest BCUT2D eigenvalue weighted by Crippen LogP contribution is -2.40. The molecule has 1 amide bonds. The van der Waals surface area contributed by atoms with Crippen LogP contribution in [0.2, 0.25) is 0 Å². The van der Waals surface area contributed by atoms with E-state index in [-0.39, 0.29) is 5.91 Å². The fraction of sp³-hybridized carbons (Fsp3) is 0.565. The minimum Gasteiger partial charge on any atom is -0.351 e. The highest BCUT2D eigenvalue weighted by molar-refractivity contribution is 5.78. The Bertz CT molecular complexity index is 739. The van der Waals surface area contributed by atoms with Crippen LogP contribution in [0.5, 0.6) is 0 Å². The van der Waals surface area contributed by atoms with Crippen molar-refractivity contribution in [1.82, 2.24) is 20.0 Å². The molecule has 0 radical (unpaired) electrons. The molecule has 0 saturated carbocycles. The Morgan fingerprint density at radius 1 is 1.07 bits per heavy atom. The predicted octanol–water partition coefficient (Wildman–Crippen LogP) is 3.78. The highest BCUT2D eigenvalue weighted by Crippen LogP contribution is 2.15. The summed E-state index contributed by atoms with van der Waals surface area (Å²) >= 11 is 0. The first-order valence-corrected chi connectivity index (χ1v) is 10.3. The van der Waals surface area contributed by atoms with Crippen LogP contribution in [0, 0.1) is 25.7 Å². The fourth-order valence-corrected chi connectivity index (χ4v) is 3.58. The second-order valence-electron chi connectivity index (χ2n) is 8.55. The van der Waals surface area contributed by atoms with Crippen molar-refractivity contribution in [3.63, 3.8) is 0 Å². The van der Waals surface area contributed by atoms with Gasteiger partial charge in [-0.1, -0.05) is 58.0 Å². The van der Waals surface area contributed by atoms with Crippen molar-refractivity contribution in [2.45, 2.75) is 54.6 Å². The van der Waals surface area contributed by atoms with Gasteiger partial charge in [0.25, 0.3) is 0 Å². The molecule has 2 aromatic rings. The van der Waals surface area contributed by atoms with E-state index in [9.17, 15) is 4.79 Å². The van der Waals surface area contributed by atoms with Crippen LogP contribution >= 0.6 is 0 Å². The van der Waals surface area contributed by atoms with Crippen molar-refractivity contribution in [2.75, 3.05) is 19.6 Å². The molecule has 154 valence electrons. The quantitative estimate of drug-likeness (QED) is 0.678. The lowest BCUT2D eigenvalue weighted by atomic mass is 10.1. The van der Waals surface area contributed by atoms with Gasteiger partial charge < -0.3 is 5.32 Å². The number of rotatable bonds is 10. The number of nitrogens with zero attached hydrogens (tertiary/aromatic N) is 3. The normalized spacial score (nSPS) is 11.6. The monoisotopic (exact) mass is 384 g/mol. The van der Waals surface area contributed by atoms with Crippen molar-refractivity contribution in [3.05, 3.63) is 52.8 Å². The van der Waals surface area contributed by atoms with Crippen LogP contribution in [-0.4, -0.2) is 40.2 Å². The molecule has 0 bridgehead atoms. The molecular formula is C23H36N4O. The molecule has 0 fully saturated rings. The van der Waals surface area contributed by atoms with E-state index in [1.165, 1.54) is 5.56 Å². The number of carbonyl (C=O) groups is 1. The minimum absolute atomic E-state index is 0.0795. The molecule has 0 aliphatic heterocycles. The minimum atomic E-state index is 0.0795. The van der Waals surface area contributed by atoms with E-state index in [0.29, 0.717) is 24.9 Å². The van der Waals surface area contributed by atoms with Crippen LogP contribution in [0.25, 0.3) is 0 Å². The Hall–Kier alpha value is -2.14. The van der Waals surface area contributed by atoms with E-state index in [2.05, 4.69) is 62.1 Å². The van der Waals surface area contributed by atoms with Gasteiger partial charge >= 0.3 is 0 Å². The maximum atomic E-state index is 12.5. The molecule has 5 heteroatoms. The summed E-state index contributed by atoms with van der Waals surface area (Å²) in [5.74, 6) is 1.18. The predicted molar refractivity (Wildman–Crippen MR) is 115 cm³/mol. The second kappa shape index (κ2) is 10.4. The Morgan fingerprint density at radius 2 is 1.68 bits per heavy atom. The average Bonchev–Trinajstić information content (AvgIpc) is 2.86. The van der Waals surface area contributed by atoms with Crippen molar-refractivity contribution < 1.29 is 4.79 Å². The van der Waals surface area contributed by atoms with Crippen molar-refractivity contribution in [3.8, 4) is 0 Å². The Morgan fingerprint density at radius 3 is 2.25 bits per heavy atom. The number of benzene rings is 1. The highest BCUT2D eigenvalue weighted by Gasteiger charge is 2.16. The molecule has 2 rings (SSSR count). The second-order valence-corrected chi connectivity index (χ2v) is 8.55. The number of hydrogen-bond donors (Lipinski definition) is 1. The van der Waals surface area contributed by atoms with E-state index in [4.69, 9.17) is 0 Å². The van der Waals surface area contributed by atoms with Gasteiger partial charge in [-0.3, -0.25) is 14.4 Å². The van der Waals surface area contributed by atoms with Crippen molar-refractivity contribution in [1.29, 1.82) is 0 Å². The van der Waals surface area contributed by atoms with Crippen LogP contribution < -0.4 is 5.32 Å². The third-order valence-corrected chi connectivity index (χ3v) is 4.78. The average molecular weight is 385 g/mol. The summed E-state index contributed by atoms with van der Waals surface area (Å²) in [7, 11) is 0. The van der Waals surface area contributed by atoms with E-state index in [1.807, 2.05) is 29.8 Å². The van der Waals surface area contributed by atoms with E-state index >= 15 is 0 Å². The highest BCUT2D eigenvalue weighted by atomic mass is 16.2. The zero-order valence-electron chi connectivity index (χ0n) is 18.3. The SMILES string of the molecule is Cc1nn(Cc2ccccc2)c(C)c1CNC(=O)CN(CC(C)C)CC(C)C. The third kappa shape index (κ3) is 6.79. The topological polar surface area (TPSA) is 50.2 Å². The van der Waals surface area contributed by atoms with Crippen molar-refractivity contribution in [2.24, 2.45) is 11.8 Å². The summed E-state index contributed by atoms with van der Waals surface area (Å²) in [4.78, 5) is 14.8. The molecule has 1 aromatic carbocycles. The number of aromatic nitrogens is 2. The number of hydrogen-bond acceptors (Lipinski definition) is 3. The smallest absolute Gasteiger partial charge is 0.234 e. The van der Waals surface area contributed by atoms with Crippen molar-refractivity contribution >= 4 is 5.91 Å². The van der Waals surface area contributed by atoms with E-state index < -0.39 is 0 Å². The van der Waals surface area contributed by atoms with Gasteiger partial charge in [0.05, 0.1) is 18.8 Å². The van der Waals surface area contributed by atoms with Crippen LogP contribution in [0.15, 0.2) is 30.3 Å². The molecule has 1 heterocycles. The van der Waals surface area contributed by atoms with Gasteiger partial charge in [-0.25, -0.2) is 0 Å². The van der Waals surface area contributed by atoms with Gasteiger partial charge in [-0.15, -0.1) is 0 Å². The third-order valence-electron chi connectivity index (χ3n) is 4.78. The van der Waals surface area contributed by atoms with Gasteiger partial charge in [0, 0.05) is 30.9 Å². The van der Waals surface area contributed by atoms with Crippen LogP contribution in [0.4, 0.5) is 0 Å².